The molecule has 5 nitrogen and oxygen atoms in total. The largest absolute Gasteiger partial charge is 0.468 e. The number of esters is 1. The van der Waals surface area contributed by atoms with E-state index < -0.39 is 5.97 Å². The quantitative estimate of drug-likeness (QED) is 0.825. The molecule has 0 fully saturated rings. The number of carbonyl (C=O) groups excluding carboxylic acids is 1. The smallest absolute Gasteiger partial charge is 0.373 e. The minimum atomic E-state index is -0.472. The van der Waals surface area contributed by atoms with Crippen LogP contribution >= 0.6 is 0 Å². The topological polar surface area (TPSA) is 64.6 Å². The molecule has 2 heterocycles. The van der Waals surface area contributed by atoms with Gasteiger partial charge >= 0.3 is 5.97 Å². The van der Waals surface area contributed by atoms with E-state index >= 15 is 0 Å². The zero-order valence-corrected chi connectivity index (χ0v) is 10.3. The van der Waals surface area contributed by atoms with E-state index in [-0.39, 0.29) is 11.8 Å². The van der Waals surface area contributed by atoms with Crippen LogP contribution in [0.1, 0.15) is 35.0 Å². The molecule has 0 amide bonds. The molecule has 0 radical (unpaired) electrons. The van der Waals surface area contributed by atoms with Crippen LogP contribution in [0.15, 0.2) is 39.4 Å². The lowest BCUT2D eigenvalue weighted by molar-refractivity contribution is 0.0562. The van der Waals surface area contributed by atoms with Crippen LogP contribution in [0.4, 0.5) is 0 Å². The van der Waals surface area contributed by atoms with Crippen LogP contribution in [-0.4, -0.2) is 13.1 Å². The summed E-state index contributed by atoms with van der Waals surface area (Å²) in [5.41, 5.74) is 0. The van der Waals surface area contributed by atoms with Gasteiger partial charge in [0.05, 0.1) is 26.0 Å². The third-order valence-electron chi connectivity index (χ3n) is 2.60. The lowest BCUT2D eigenvalue weighted by Gasteiger charge is -2.09. The van der Waals surface area contributed by atoms with Crippen LogP contribution in [0.3, 0.4) is 0 Å². The summed E-state index contributed by atoms with van der Waals surface area (Å²) in [7, 11) is 1.32. The predicted molar refractivity (Wildman–Crippen MR) is 64.0 cm³/mol. The van der Waals surface area contributed by atoms with Gasteiger partial charge in [-0.15, -0.1) is 0 Å². The van der Waals surface area contributed by atoms with Gasteiger partial charge in [0.1, 0.15) is 11.5 Å². The molecular formula is C13H15NO4. The van der Waals surface area contributed by atoms with Crippen LogP contribution in [0, 0.1) is 0 Å². The zero-order chi connectivity index (χ0) is 13.0. The summed E-state index contributed by atoms with van der Waals surface area (Å²) in [6.45, 7) is 2.50. The van der Waals surface area contributed by atoms with Crippen LogP contribution in [0.5, 0.6) is 0 Å². The first-order valence-corrected chi connectivity index (χ1v) is 5.64. The molecule has 5 heteroatoms. The second-order valence-electron chi connectivity index (χ2n) is 3.88. The highest BCUT2D eigenvalue weighted by Gasteiger charge is 2.12. The molecule has 2 aromatic heterocycles. The van der Waals surface area contributed by atoms with Gasteiger partial charge in [-0.25, -0.2) is 4.79 Å². The average Bonchev–Trinajstić information content (AvgIpc) is 3.05. The van der Waals surface area contributed by atoms with E-state index in [4.69, 9.17) is 8.83 Å². The molecule has 0 aliphatic heterocycles. The van der Waals surface area contributed by atoms with Gasteiger partial charge in [0.25, 0.3) is 0 Å². The Morgan fingerprint density at radius 1 is 1.44 bits per heavy atom. The van der Waals surface area contributed by atoms with Crippen molar-refractivity contribution in [1.82, 2.24) is 5.32 Å². The molecule has 18 heavy (non-hydrogen) atoms. The molecule has 1 N–H and O–H groups in total. The summed E-state index contributed by atoms with van der Waals surface area (Å²) in [6.07, 6.45) is 1.63. The fraction of sp³-hybridized carbons (Fsp3) is 0.308. The summed E-state index contributed by atoms with van der Waals surface area (Å²) < 4.78 is 15.2. The summed E-state index contributed by atoms with van der Waals surface area (Å²) >= 11 is 0. The van der Waals surface area contributed by atoms with E-state index in [0.29, 0.717) is 12.3 Å². The number of hydrogen-bond acceptors (Lipinski definition) is 5. The van der Waals surface area contributed by atoms with Crippen molar-refractivity contribution in [2.75, 3.05) is 7.11 Å². The molecule has 2 rings (SSSR count). The van der Waals surface area contributed by atoms with Crippen molar-refractivity contribution >= 4 is 5.97 Å². The fourth-order valence-corrected chi connectivity index (χ4v) is 1.58. The molecule has 0 saturated heterocycles. The van der Waals surface area contributed by atoms with E-state index in [1.807, 2.05) is 19.1 Å². The molecule has 0 spiro atoms. The maximum atomic E-state index is 11.2. The van der Waals surface area contributed by atoms with E-state index in [0.717, 1.165) is 5.76 Å². The third-order valence-corrected chi connectivity index (χ3v) is 2.60. The molecule has 1 atom stereocenters. The second kappa shape index (κ2) is 5.55. The third kappa shape index (κ3) is 2.81. The first kappa shape index (κ1) is 12.4. The molecule has 0 aliphatic carbocycles. The van der Waals surface area contributed by atoms with Crippen molar-refractivity contribution < 1.29 is 18.4 Å². The maximum absolute atomic E-state index is 11.2. The lowest BCUT2D eigenvalue weighted by Crippen LogP contribution is -2.17. The Kier molecular flexibility index (Phi) is 3.84. The Labute approximate surface area is 105 Å². The summed E-state index contributed by atoms with van der Waals surface area (Å²) in [4.78, 5) is 11.2. The molecule has 96 valence electrons. The number of carbonyl (C=O) groups is 1. The van der Waals surface area contributed by atoms with Gasteiger partial charge in [0, 0.05) is 0 Å². The molecule has 0 aliphatic rings. The summed E-state index contributed by atoms with van der Waals surface area (Å²) in [5.74, 6) is 1.27. The van der Waals surface area contributed by atoms with E-state index in [1.54, 1.807) is 18.4 Å². The minimum Gasteiger partial charge on any atom is -0.468 e. The second-order valence-corrected chi connectivity index (χ2v) is 3.88. The number of nitrogens with one attached hydrogen (secondary N) is 1. The van der Waals surface area contributed by atoms with E-state index in [9.17, 15) is 4.79 Å². The predicted octanol–water partition coefficient (Wildman–Crippen LogP) is 2.51. The van der Waals surface area contributed by atoms with Gasteiger partial charge in [-0.2, -0.15) is 0 Å². The molecular weight excluding hydrogens is 234 g/mol. The fourth-order valence-electron chi connectivity index (χ4n) is 1.58. The first-order valence-electron chi connectivity index (χ1n) is 5.64. The summed E-state index contributed by atoms with van der Waals surface area (Å²) in [6, 6.07) is 7.16. The van der Waals surface area contributed by atoms with Gasteiger partial charge in [0.2, 0.25) is 5.76 Å². The highest BCUT2D eigenvalue weighted by molar-refractivity contribution is 5.86. The number of furan rings is 2. The lowest BCUT2D eigenvalue weighted by atomic mass is 10.2. The van der Waals surface area contributed by atoms with Crippen molar-refractivity contribution in [3.05, 3.63) is 47.8 Å². The van der Waals surface area contributed by atoms with E-state index in [2.05, 4.69) is 10.1 Å². The van der Waals surface area contributed by atoms with Gasteiger partial charge in [0.15, 0.2) is 0 Å². The van der Waals surface area contributed by atoms with Crippen LogP contribution in [-0.2, 0) is 11.3 Å². The van der Waals surface area contributed by atoms with Gasteiger partial charge in [-0.3, -0.25) is 0 Å². The number of hydrogen-bond donors (Lipinski definition) is 1. The molecule has 2 aromatic rings. The Balaban J connectivity index is 1.90. The highest BCUT2D eigenvalue weighted by Crippen LogP contribution is 2.14. The molecule has 0 unspecified atom stereocenters. The van der Waals surface area contributed by atoms with Crippen LogP contribution < -0.4 is 5.32 Å². The monoisotopic (exact) mass is 249 g/mol. The van der Waals surface area contributed by atoms with Crippen molar-refractivity contribution in [2.24, 2.45) is 0 Å². The zero-order valence-electron chi connectivity index (χ0n) is 10.3. The van der Waals surface area contributed by atoms with Crippen LogP contribution in [0.2, 0.25) is 0 Å². The summed E-state index contributed by atoms with van der Waals surface area (Å²) in [5, 5.41) is 3.23. The number of methoxy groups -OCH3 is 1. The van der Waals surface area contributed by atoms with Crippen LogP contribution in [0.25, 0.3) is 0 Å². The van der Waals surface area contributed by atoms with E-state index in [1.165, 1.54) is 7.11 Å². The van der Waals surface area contributed by atoms with Crippen molar-refractivity contribution in [3.63, 3.8) is 0 Å². The normalized spacial score (nSPS) is 12.3. The number of rotatable bonds is 5. The van der Waals surface area contributed by atoms with Gasteiger partial charge in [-0.05, 0) is 31.2 Å². The molecule has 0 bridgehead atoms. The van der Waals surface area contributed by atoms with Crippen molar-refractivity contribution in [1.29, 1.82) is 0 Å². The maximum Gasteiger partial charge on any atom is 0.373 e. The Bertz CT molecular complexity index is 501. The number of ether oxygens (including phenoxy) is 1. The first-order chi connectivity index (χ1) is 8.70. The molecule has 0 aromatic carbocycles. The Morgan fingerprint density at radius 3 is 2.94 bits per heavy atom. The average molecular weight is 249 g/mol. The standard InChI is InChI=1S/C13H15NO4/c1-9(11-4-3-7-17-11)14-8-10-5-6-12(18-10)13(15)16-2/h3-7,9,14H,8H2,1-2H3/t9-/m1/s1. The van der Waals surface area contributed by atoms with Gasteiger partial charge in [-0.1, -0.05) is 0 Å². The SMILES string of the molecule is COC(=O)c1ccc(CN[C@H](C)c2ccco2)o1. The van der Waals surface area contributed by atoms with Crippen molar-refractivity contribution in [3.8, 4) is 0 Å². The Hall–Kier alpha value is -2.01. The van der Waals surface area contributed by atoms with Gasteiger partial charge < -0.3 is 18.9 Å². The van der Waals surface area contributed by atoms with Crippen molar-refractivity contribution in [2.45, 2.75) is 19.5 Å². The molecule has 0 saturated carbocycles. The minimum absolute atomic E-state index is 0.0756. The highest BCUT2D eigenvalue weighted by atomic mass is 16.5. The Morgan fingerprint density at radius 2 is 2.28 bits per heavy atom.